The molecule has 2 amide bonds. The van der Waals surface area contributed by atoms with Crippen molar-refractivity contribution >= 4 is 23.2 Å². The molecule has 4 heteroatoms. The van der Waals surface area contributed by atoms with Crippen LogP contribution in [0.4, 0.5) is 11.4 Å². The summed E-state index contributed by atoms with van der Waals surface area (Å²) in [5.74, 6) is -0.774. The molecule has 4 aromatic carbocycles. The highest BCUT2D eigenvalue weighted by Crippen LogP contribution is 2.27. The van der Waals surface area contributed by atoms with Crippen molar-refractivity contribution in [2.75, 3.05) is 10.6 Å². The Kier molecular flexibility index (Phi) is 6.19. The molecule has 0 saturated carbocycles. The van der Waals surface area contributed by atoms with Crippen LogP contribution < -0.4 is 10.6 Å². The molecule has 0 atom stereocenters. The molecule has 31 heavy (non-hydrogen) atoms. The molecule has 0 bridgehead atoms. The number of amides is 2. The number of rotatable bonds is 6. The molecule has 4 nitrogen and oxygen atoms in total. The second-order valence-electron chi connectivity index (χ2n) is 7.14. The minimum atomic E-state index is -0.440. The van der Waals surface area contributed by atoms with E-state index in [1.54, 1.807) is 30.3 Å². The van der Waals surface area contributed by atoms with Crippen LogP contribution in [0.15, 0.2) is 115 Å². The highest BCUT2D eigenvalue weighted by atomic mass is 16.2. The minimum absolute atomic E-state index is 0.135. The standard InChI is InChI=1S/C27H22N2O2/c30-26(22-15-8-3-9-16-22)28-23-17-10-18-24(19-23)29-27(31)25(20-11-4-1-5-12-20)21-13-6-2-7-14-21/h1-19,25H,(H,28,30)(H,29,31). The Morgan fingerprint density at radius 1 is 0.548 bits per heavy atom. The number of hydrogen-bond acceptors (Lipinski definition) is 2. The fourth-order valence-electron chi connectivity index (χ4n) is 3.47. The van der Waals surface area contributed by atoms with Crippen LogP contribution in [0.1, 0.15) is 27.4 Å². The van der Waals surface area contributed by atoms with Crippen LogP contribution in [0.25, 0.3) is 0 Å². The molecule has 2 N–H and O–H groups in total. The lowest BCUT2D eigenvalue weighted by molar-refractivity contribution is -0.116. The summed E-state index contributed by atoms with van der Waals surface area (Å²) in [5, 5.41) is 5.88. The molecule has 0 saturated heterocycles. The van der Waals surface area contributed by atoms with Gasteiger partial charge in [-0.1, -0.05) is 84.9 Å². The first kappa shape index (κ1) is 20.1. The van der Waals surface area contributed by atoms with E-state index in [1.807, 2.05) is 84.9 Å². The maximum absolute atomic E-state index is 13.3. The van der Waals surface area contributed by atoms with Gasteiger partial charge in [0.1, 0.15) is 0 Å². The van der Waals surface area contributed by atoms with Crippen LogP contribution in [0.3, 0.4) is 0 Å². The summed E-state index contributed by atoms with van der Waals surface area (Å²) >= 11 is 0. The lowest BCUT2D eigenvalue weighted by Crippen LogP contribution is -2.22. The van der Waals surface area contributed by atoms with Gasteiger partial charge in [0.25, 0.3) is 5.91 Å². The average molecular weight is 406 g/mol. The van der Waals surface area contributed by atoms with E-state index in [-0.39, 0.29) is 11.8 Å². The Balaban J connectivity index is 1.54. The summed E-state index contributed by atoms with van der Waals surface area (Å²) in [6, 6.07) is 35.6. The molecular formula is C27H22N2O2. The second-order valence-corrected chi connectivity index (χ2v) is 7.14. The Hall–Kier alpha value is -4.18. The van der Waals surface area contributed by atoms with Gasteiger partial charge in [0.2, 0.25) is 5.91 Å². The van der Waals surface area contributed by atoms with E-state index in [4.69, 9.17) is 0 Å². The molecule has 4 rings (SSSR count). The molecule has 0 unspecified atom stereocenters. The summed E-state index contributed by atoms with van der Waals surface area (Å²) < 4.78 is 0. The van der Waals surface area contributed by atoms with E-state index < -0.39 is 5.92 Å². The molecular weight excluding hydrogens is 384 g/mol. The van der Waals surface area contributed by atoms with E-state index in [0.29, 0.717) is 16.9 Å². The third kappa shape index (κ3) is 5.06. The Bertz CT molecular complexity index is 1120. The lowest BCUT2D eigenvalue weighted by atomic mass is 9.90. The van der Waals surface area contributed by atoms with Crippen molar-refractivity contribution in [1.82, 2.24) is 0 Å². The number of anilines is 2. The first-order valence-corrected chi connectivity index (χ1v) is 10.1. The first-order valence-electron chi connectivity index (χ1n) is 10.1. The number of benzene rings is 4. The smallest absolute Gasteiger partial charge is 0.255 e. The monoisotopic (exact) mass is 406 g/mol. The molecule has 152 valence electrons. The third-order valence-corrected chi connectivity index (χ3v) is 4.95. The van der Waals surface area contributed by atoms with E-state index in [1.165, 1.54) is 0 Å². The predicted octanol–water partition coefficient (Wildman–Crippen LogP) is 5.71. The topological polar surface area (TPSA) is 58.2 Å². The zero-order valence-electron chi connectivity index (χ0n) is 16.9. The van der Waals surface area contributed by atoms with Crippen LogP contribution in [0.2, 0.25) is 0 Å². The highest BCUT2D eigenvalue weighted by Gasteiger charge is 2.22. The summed E-state index contributed by atoms with van der Waals surface area (Å²) in [4.78, 5) is 25.7. The van der Waals surface area contributed by atoms with Gasteiger partial charge in [-0.05, 0) is 41.5 Å². The second kappa shape index (κ2) is 9.55. The molecule has 0 aliphatic heterocycles. The molecule has 0 aromatic heterocycles. The SMILES string of the molecule is O=C(Nc1cccc(NC(=O)C(c2ccccc2)c2ccccc2)c1)c1ccccc1. The number of carbonyl (C=O) groups excluding carboxylic acids is 2. The summed E-state index contributed by atoms with van der Waals surface area (Å²) in [7, 11) is 0. The maximum Gasteiger partial charge on any atom is 0.255 e. The van der Waals surface area contributed by atoms with Gasteiger partial charge in [0.05, 0.1) is 5.92 Å². The van der Waals surface area contributed by atoms with Gasteiger partial charge in [-0.2, -0.15) is 0 Å². The fraction of sp³-hybridized carbons (Fsp3) is 0.0370. The predicted molar refractivity (Wildman–Crippen MR) is 124 cm³/mol. The van der Waals surface area contributed by atoms with Gasteiger partial charge < -0.3 is 10.6 Å². The van der Waals surface area contributed by atoms with Crippen LogP contribution in [0, 0.1) is 0 Å². The quantitative estimate of drug-likeness (QED) is 0.431. The Labute approximate surface area is 181 Å². The van der Waals surface area contributed by atoms with E-state index in [2.05, 4.69) is 10.6 Å². The van der Waals surface area contributed by atoms with Gasteiger partial charge in [0.15, 0.2) is 0 Å². The molecule has 0 fully saturated rings. The largest absolute Gasteiger partial charge is 0.325 e. The molecule has 0 spiro atoms. The van der Waals surface area contributed by atoms with Crippen molar-refractivity contribution in [3.05, 3.63) is 132 Å². The average Bonchev–Trinajstić information content (AvgIpc) is 2.81. The summed E-state index contributed by atoms with van der Waals surface area (Å²) in [6.45, 7) is 0. The summed E-state index contributed by atoms with van der Waals surface area (Å²) in [6.07, 6.45) is 0. The number of nitrogens with one attached hydrogen (secondary N) is 2. The first-order chi connectivity index (χ1) is 15.2. The van der Waals surface area contributed by atoms with Crippen molar-refractivity contribution in [2.24, 2.45) is 0 Å². The zero-order valence-corrected chi connectivity index (χ0v) is 16.9. The summed E-state index contributed by atoms with van der Waals surface area (Å²) in [5.41, 5.74) is 3.64. The van der Waals surface area contributed by atoms with Gasteiger partial charge in [0, 0.05) is 16.9 Å². The van der Waals surface area contributed by atoms with Crippen LogP contribution in [-0.4, -0.2) is 11.8 Å². The molecule has 0 aliphatic carbocycles. The molecule has 0 radical (unpaired) electrons. The van der Waals surface area contributed by atoms with E-state index >= 15 is 0 Å². The van der Waals surface area contributed by atoms with Gasteiger partial charge in [-0.25, -0.2) is 0 Å². The Morgan fingerprint density at radius 3 is 1.58 bits per heavy atom. The highest BCUT2D eigenvalue weighted by molar-refractivity contribution is 6.05. The lowest BCUT2D eigenvalue weighted by Gasteiger charge is -2.18. The van der Waals surface area contributed by atoms with Crippen molar-refractivity contribution in [2.45, 2.75) is 5.92 Å². The van der Waals surface area contributed by atoms with Crippen LogP contribution in [-0.2, 0) is 4.79 Å². The molecule has 0 heterocycles. The number of carbonyl (C=O) groups is 2. The van der Waals surface area contributed by atoms with Crippen molar-refractivity contribution in [1.29, 1.82) is 0 Å². The normalized spacial score (nSPS) is 10.5. The van der Waals surface area contributed by atoms with Gasteiger partial charge >= 0.3 is 0 Å². The minimum Gasteiger partial charge on any atom is -0.325 e. The molecule has 0 aliphatic rings. The van der Waals surface area contributed by atoms with Crippen molar-refractivity contribution < 1.29 is 9.59 Å². The van der Waals surface area contributed by atoms with Crippen LogP contribution in [0.5, 0.6) is 0 Å². The van der Waals surface area contributed by atoms with Gasteiger partial charge in [-0.3, -0.25) is 9.59 Å². The van der Waals surface area contributed by atoms with Crippen LogP contribution >= 0.6 is 0 Å². The fourth-order valence-corrected chi connectivity index (χ4v) is 3.47. The van der Waals surface area contributed by atoms with Crippen molar-refractivity contribution in [3.8, 4) is 0 Å². The Morgan fingerprint density at radius 2 is 1.03 bits per heavy atom. The zero-order chi connectivity index (χ0) is 21.5. The van der Waals surface area contributed by atoms with Gasteiger partial charge in [-0.15, -0.1) is 0 Å². The van der Waals surface area contributed by atoms with E-state index in [0.717, 1.165) is 11.1 Å². The number of hydrogen-bond donors (Lipinski definition) is 2. The third-order valence-electron chi connectivity index (χ3n) is 4.95. The molecule has 4 aromatic rings. The maximum atomic E-state index is 13.3. The van der Waals surface area contributed by atoms with E-state index in [9.17, 15) is 9.59 Å². The van der Waals surface area contributed by atoms with Crippen molar-refractivity contribution in [3.63, 3.8) is 0 Å².